The zero-order chi connectivity index (χ0) is 11.3. The molecular weight excluding hydrogens is 216 g/mol. The molecule has 0 saturated heterocycles. The van der Waals surface area contributed by atoms with E-state index < -0.39 is 0 Å². The molecule has 0 aromatic rings. The fourth-order valence-electron chi connectivity index (χ4n) is 2.35. The van der Waals surface area contributed by atoms with Gasteiger partial charge in [0.2, 0.25) is 5.24 Å². The monoisotopic (exact) mass is 232 g/mol. The van der Waals surface area contributed by atoms with E-state index in [-0.39, 0.29) is 16.6 Å². The zero-order valence-corrected chi connectivity index (χ0v) is 9.81. The molecule has 0 spiro atoms. The normalized spacial score (nSPS) is 18.8. The Morgan fingerprint density at radius 3 is 2.33 bits per heavy atom. The Bertz CT molecular complexity index is 244. The Hall–Kier alpha value is -0.570. The summed E-state index contributed by atoms with van der Waals surface area (Å²) in [6.07, 6.45) is 4.59. The van der Waals surface area contributed by atoms with Gasteiger partial charge in [-0.3, -0.25) is 9.59 Å². The maximum absolute atomic E-state index is 11.4. The second kappa shape index (κ2) is 5.50. The molecule has 1 fully saturated rings. The van der Waals surface area contributed by atoms with Crippen LogP contribution in [0.1, 0.15) is 45.4 Å². The van der Waals surface area contributed by atoms with Gasteiger partial charge in [0.15, 0.2) is 0 Å². The fourth-order valence-corrected chi connectivity index (χ4v) is 2.64. The number of halogens is 1. The molecule has 86 valence electrons. The van der Waals surface area contributed by atoms with Gasteiger partial charge in [0.1, 0.15) is 0 Å². The van der Waals surface area contributed by atoms with E-state index in [0.717, 1.165) is 25.7 Å². The number of ether oxygens (including phenoxy) is 1. The van der Waals surface area contributed by atoms with Crippen molar-refractivity contribution < 1.29 is 14.3 Å². The van der Waals surface area contributed by atoms with Crippen LogP contribution in [0.15, 0.2) is 0 Å². The van der Waals surface area contributed by atoms with Crippen LogP contribution in [0.4, 0.5) is 0 Å². The molecule has 0 N–H and O–H groups in total. The largest absolute Gasteiger partial charge is 0.466 e. The molecule has 0 aliphatic heterocycles. The van der Waals surface area contributed by atoms with Crippen LogP contribution in [0.2, 0.25) is 0 Å². The van der Waals surface area contributed by atoms with Gasteiger partial charge in [0.25, 0.3) is 0 Å². The van der Waals surface area contributed by atoms with Gasteiger partial charge in [-0.25, -0.2) is 0 Å². The summed E-state index contributed by atoms with van der Waals surface area (Å²) in [5, 5.41) is -0.346. The topological polar surface area (TPSA) is 43.4 Å². The summed E-state index contributed by atoms with van der Waals surface area (Å²) in [5.74, 6) is -0.211. The van der Waals surface area contributed by atoms with Crippen molar-refractivity contribution in [2.24, 2.45) is 5.41 Å². The van der Waals surface area contributed by atoms with Gasteiger partial charge in [0.05, 0.1) is 13.0 Å². The molecule has 15 heavy (non-hydrogen) atoms. The lowest BCUT2D eigenvalue weighted by molar-refractivity contribution is -0.146. The minimum Gasteiger partial charge on any atom is -0.466 e. The first-order chi connectivity index (χ1) is 7.08. The van der Waals surface area contributed by atoms with Gasteiger partial charge in [-0.2, -0.15) is 0 Å². The van der Waals surface area contributed by atoms with Crippen molar-refractivity contribution in [2.45, 2.75) is 45.4 Å². The molecule has 3 nitrogen and oxygen atoms in total. The molecule has 0 bridgehead atoms. The summed E-state index contributed by atoms with van der Waals surface area (Å²) in [6.45, 7) is 2.18. The van der Waals surface area contributed by atoms with Crippen molar-refractivity contribution in [1.29, 1.82) is 0 Å². The number of carbonyl (C=O) groups excluding carboxylic acids is 2. The van der Waals surface area contributed by atoms with Crippen molar-refractivity contribution in [2.75, 3.05) is 6.61 Å². The SMILES string of the molecule is CCOC(=O)CC1(CC(=O)Cl)CCCC1. The van der Waals surface area contributed by atoms with Gasteiger partial charge < -0.3 is 4.74 Å². The van der Waals surface area contributed by atoms with Crippen LogP contribution in [-0.2, 0) is 14.3 Å². The van der Waals surface area contributed by atoms with Crippen LogP contribution in [0, 0.1) is 5.41 Å². The van der Waals surface area contributed by atoms with Gasteiger partial charge in [-0.15, -0.1) is 0 Å². The third-order valence-electron chi connectivity index (χ3n) is 3.00. The van der Waals surface area contributed by atoms with E-state index in [4.69, 9.17) is 16.3 Å². The summed E-state index contributed by atoms with van der Waals surface area (Å²) < 4.78 is 4.92. The van der Waals surface area contributed by atoms with Crippen LogP contribution in [0.5, 0.6) is 0 Å². The van der Waals surface area contributed by atoms with Gasteiger partial charge in [0, 0.05) is 6.42 Å². The van der Waals surface area contributed by atoms with E-state index in [1.54, 1.807) is 6.92 Å². The summed E-state index contributed by atoms with van der Waals surface area (Å²) in [5.41, 5.74) is -0.217. The summed E-state index contributed by atoms with van der Waals surface area (Å²) in [7, 11) is 0. The van der Waals surface area contributed by atoms with Crippen LogP contribution in [0.3, 0.4) is 0 Å². The summed E-state index contributed by atoms with van der Waals surface area (Å²) in [4.78, 5) is 22.4. The molecule has 0 amide bonds. The van der Waals surface area contributed by atoms with Crippen molar-refractivity contribution >= 4 is 22.8 Å². The molecule has 0 atom stereocenters. The third-order valence-corrected chi connectivity index (χ3v) is 3.14. The lowest BCUT2D eigenvalue weighted by atomic mass is 9.80. The van der Waals surface area contributed by atoms with Gasteiger partial charge in [-0.1, -0.05) is 12.8 Å². The maximum Gasteiger partial charge on any atom is 0.306 e. The molecular formula is C11H17ClO3. The lowest BCUT2D eigenvalue weighted by Gasteiger charge is -2.25. The Labute approximate surface area is 95.1 Å². The highest BCUT2D eigenvalue weighted by Gasteiger charge is 2.37. The van der Waals surface area contributed by atoms with Crippen LogP contribution in [-0.4, -0.2) is 17.8 Å². The highest BCUT2D eigenvalue weighted by atomic mass is 35.5. The highest BCUT2D eigenvalue weighted by molar-refractivity contribution is 6.63. The van der Waals surface area contributed by atoms with E-state index in [2.05, 4.69) is 0 Å². The standard InChI is InChI=1S/C11H17ClO3/c1-2-15-10(14)8-11(7-9(12)13)5-3-4-6-11/h2-8H2,1H3. The van der Waals surface area contributed by atoms with Crippen LogP contribution in [0.25, 0.3) is 0 Å². The first kappa shape index (κ1) is 12.5. The molecule has 1 saturated carbocycles. The van der Waals surface area contributed by atoms with Crippen molar-refractivity contribution in [3.8, 4) is 0 Å². The first-order valence-corrected chi connectivity index (χ1v) is 5.80. The van der Waals surface area contributed by atoms with Gasteiger partial charge >= 0.3 is 5.97 Å². The molecule has 0 aromatic carbocycles. The zero-order valence-electron chi connectivity index (χ0n) is 9.05. The Morgan fingerprint density at radius 1 is 1.27 bits per heavy atom. The number of hydrogen-bond acceptors (Lipinski definition) is 3. The minimum atomic E-state index is -0.346. The second-order valence-electron chi connectivity index (χ2n) is 4.22. The van der Waals surface area contributed by atoms with E-state index >= 15 is 0 Å². The number of hydrogen-bond donors (Lipinski definition) is 0. The first-order valence-electron chi connectivity index (χ1n) is 5.42. The van der Waals surface area contributed by atoms with E-state index in [1.807, 2.05) is 0 Å². The van der Waals surface area contributed by atoms with Crippen LogP contribution < -0.4 is 0 Å². The summed E-state index contributed by atoms with van der Waals surface area (Å²) >= 11 is 5.42. The number of carbonyl (C=O) groups is 2. The van der Waals surface area contributed by atoms with Crippen LogP contribution >= 0.6 is 11.6 Å². The number of rotatable bonds is 5. The average Bonchev–Trinajstić information content (AvgIpc) is 2.51. The smallest absolute Gasteiger partial charge is 0.306 e. The summed E-state index contributed by atoms with van der Waals surface area (Å²) in [6, 6.07) is 0. The Kier molecular flexibility index (Phi) is 4.58. The molecule has 1 aliphatic carbocycles. The third kappa shape index (κ3) is 3.82. The predicted octanol–water partition coefficient (Wildman–Crippen LogP) is 2.66. The van der Waals surface area contributed by atoms with E-state index in [0.29, 0.717) is 19.4 Å². The number of esters is 1. The van der Waals surface area contributed by atoms with Crippen molar-refractivity contribution in [1.82, 2.24) is 0 Å². The lowest BCUT2D eigenvalue weighted by Crippen LogP contribution is -2.24. The molecule has 1 aliphatic rings. The van der Waals surface area contributed by atoms with Crippen molar-refractivity contribution in [3.63, 3.8) is 0 Å². The fraction of sp³-hybridized carbons (Fsp3) is 0.818. The van der Waals surface area contributed by atoms with E-state index in [1.165, 1.54) is 0 Å². The Balaban J connectivity index is 2.56. The molecule has 0 heterocycles. The average molecular weight is 233 g/mol. The quantitative estimate of drug-likeness (QED) is 0.541. The van der Waals surface area contributed by atoms with Crippen molar-refractivity contribution in [3.05, 3.63) is 0 Å². The highest BCUT2D eigenvalue weighted by Crippen LogP contribution is 2.44. The molecule has 4 heteroatoms. The predicted molar refractivity (Wildman–Crippen MR) is 57.6 cm³/mol. The van der Waals surface area contributed by atoms with Gasteiger partial charge in [-0.05, 0) is 36.8 Å². The molecule has 0 radical (unpaired) electrons. The second-order valence-corrected chi connectivity index (χ2v) is 4.64. The van der Waals surface area contributed by atoms with E-state index in [9.17, 15) is 9.59 Å². The molecule has 0 aromatic heterocycles. The molecule has 1 rings (SSSR count). The Morgan fingerprint density at radius 2 is 1.87 bits per heavy atom. The minimum absolute atomic E-state index is 0.211. The molecule has 0 unspecified atom stereocenters. The maximum atomic E-state index is 11.4.